The molecule has 0 bridgehead atoms. The SMILES string of the molecule is N#Cc1c(NC(=O)c2ccccc2)sc2c1CCN(S(=O)(=O)c1ccc(N3CCOCC3)nc1)C2. The van der Waals surface area contributed by atoms with Crippen molar-refractivity contribution in [1.82, 2.24) is 9.29 Å². The largest absolute Gasteiger partial charge is 0.378 e. The van der Waals surface area contributed by atoms with Crippen molar-refractivity contribution in [1.29, 1.82) is 5.26 Å². The fourth-order valence-electron chi connectivity index (χ4n) is 4.21. The first-order chi connectivity index (χ1) is 17.0. The van der Waals surface area contributed by atoms with Gasteiger partial charge in [0.05, 0.1) is 18.8 Å². The van der Waals surface area contributed by atoms with Crippen LogP contribution in [0, 0.1) is 11.3 Å². The summed E-state index contributed by atoms with van der Waals surface area (Å²) in [6.45, 7) is 3.07. The van der Waals surface area contributed by atoms with Crippen LogP contribution in [0.15, 0.2) is 53.6 Å². The van der Waals surface area contributed by atoms with E-state index in [9.17, 15) is 18.5 Å². The molecule has 1 aromatic carbocycles. The fourth-order valence-corrected chi connectivity index (χ4v) is 6.86. The summed E-state index contributed by atoms with van der Waals surface area (Å²) in [5.74, 6) is 0.417. The van der Waals surface area contributed by atoms with E-state index in [1.54, 1.807) is 36.4 Å². The minimum absolute atomic E-state index is 0.132. The third-order valence-corrected chi connectivity index (χ3v) is 9.05. The van der Waals surface area contributed by atoms with Crippen molar-refractivity contribution in [2.24, 2.45) is 0 Å². The molecule has 0 unspecified atom stereocenters. The maximum Gasteiger partial charge on any atom is 0.256 e. The van der Waals surface area contributed by atoms with Gasteiger partial charge in [-0.1, -0.05) is 18.2 Å². The summed E-state index contributed by atoms with van der Waals surface area (Å²) in [5.41, 5.74) is 1.69. The highest BCUT2D eigenvalue weighted by molar-refractivity contribution is 7.89. The van der Waals surface area contributed by atoms with Crippen LogP contribution in [0.2, 0.25) is 0 Å². The van der Waals surface area contributed by atoms with Crippen LogP contribution in [-0.2, 0) is 27.7 Å². The second-order valence-corrected chi connectivity index (χ2v) is 11.2. The lowest BCUT2D eigenvalue weighted by Gasteiger charge is -2.28. The number of anilines is 2. The van der Waals surface area contributed by atoms with Gasteiger partial charge in [0.25, 0.3) is 5.91 Å². The molecule has 2 aromatic heterocycles. The number of benzene rings is 1. The van der Waals surface area contributed by atoms with Crippen LogP contribution in [0.25, 0.3) is 0 Å². The van der Waals surface area contributed by atoms with Crippen LogP contribution in [0.3, 0.4) is 0 Å². The molecule has 5 rings (SSSR count). The van der Waals surface area contributed by atoms with Gasteiger partial charge in [0.15, 0.2) is 0 Å². The van der Waals surface area contributed by atoms with Crippen molar-refractivity contribution in [3.05, 3.63) is 70.2 Å². The van der Waals surface area contributed by atoms with Gasteiger partial charge in [-0.05, 0) is 36.2 Å². The molecule has 3 aromatic rings. The molecule has 0 saturated carbocycles. The number of morpholine rings is 1. The molecule has 0 spiro atoms. The van der Waals surface area contributed by atoms with E-state index >= 15 is 0 Å². The lowest BCUT2D eigenvalue weighted by Crippen LogP contribution is -2.37. The minimum atomic E-state index is -3.76. The number of hydrogen-bond acceptors (Lipinski definition) is 8. The standard InChI is InChI=1S/C24H23N5O4S2/c25-14-20-19-8-9-29(16-21(19)34-24(20)27-23(30)17-4-2-1-3-5-17)35(31,32)18-6-7-22(26-15-18)28-10-12-33-13-11-28/h1-7,15H,8-13,16H2,(H,27,30). The second-order valence-electron chi connectivity index (χ2n) is 8.18. The van der Waals surface area contributed by atoms with Crippen molar-refractivity contribution in [2.75, 3.05) is 43.1 Å². The number of pyridine rings is 1. The van der Waals surface area contributed by atoms with E-state index in [4.69, 9.17) is 4.74 Å². The molecule has 1 N–H and O–H groups in total. The molecule has 2 aliphatic rings. The van der Waals surface area contributed by atoms with Gasteiger partial charge in [-0.3, -0.25) is 4.79 Å². The number of aromatic nitrogens is 1. The zero-order valence-corrected chi connectivity index (χ0v) is 20.4. The summed E-state index contributed by atoms with van der Waals surface area (Å²) in [4.78, 5) is 19.9. The van der Waals surface area contributed by atoms with Gasteiger partial charge < -0.3 is 15.0 Å². The molecule has 9 nitrogen and oxygen atoms in total. The Bertz CT molecular complexity index is 1380. The van der Waals surface area contributed by atoms with E-state index in [0.717, 1.165) is 29.3 Å². The Morgan fingerprint density at radius 3 is 2.57 bits per heavy atom. The van der Waals surface area contributed by atoms with E-state index in [1.165, 1.54) is 21.8 Å². The Morgan fingerprint density at radius 2 is 1.89 bits per heavy atom. The third kappa shape index (κ3) is 4.66. The number of carbonyl (C=O) groups is 1. The number of nitriles is 1. The van der Waals surface area contributed by atoms with Crippen molar-refractivity contribution < 1.29 is 17.9 Å². The summed E-state index contributed by atoms with van der Waals surface area (Å²) in [7, 11) is -3.76. The van der Waals surface area contributed by atoms with Gasteiger partial charge in [0.1, 0.15) is 21.8 Å². The number of carbonyl (C=O) groups excluding carboxylic acids is 1. The van der Waals surface area contributed by atoms with E-state index in [2.05, 4.69) is 21.3 Å². The number of fused-ring (bicyclic) bond motifs is 1. The number of ether oxygens (including phenoxy) is 1. The summed E-state index contributed by atoms with van der Waals surface area (Å²) in [5, 5.41) is 13.0. The van der Waals surface area contributed by atoms with E-state index in [1.807, 2.05) is 6.07 Å². The van der Waals surface area contributed by atoms with Crippen LogP contribution >= 0.6 is 11.3 Å². The molecule has 2 aliphatic heterocycles. The van der Waals surface area contributed by atoms with Gasteiger partial charge in [-0.25, -0.2) is 13.4 Å². The molecule has 35 heavy (non-hydrogen) atoms. The Balaban J connectivity index is 1.35. The lowest BCUT2D eigenvalue weighted by atomic mass is 10.0. The Hall–Kier alpha value is -3.30. The maximum atomic E-state index is 13.3. The quantitative estimate of drug-likeness (QED) is 0.562. The summed E-state index contributed by atoms with van der Waals surface area (Å²) < 4.78 is 33.4. The highest BCUT2D eigenvalue weighted by Gasteiger charge is 2.32. The zero-order valence-electron chi connectivity index (χ0n) is 18.8. The van der Waals surface area contributed by atoms with Crippen LogP contribution < -0.4 is 10.2 Å². The monoisotopic (exact) mass is 509 g/mol. The molecular weight excluding hydrogens is 486 g/mol. The van der Waals surface area contributed by atoms with Gasteiger partial charge in [-0.15, -0.1) is 11.3 Å². The van der Waals surface area contributed by atoms with Crippen molar-refractivity contribution in [3.63, 3.8) is 0 Å². The second kappa shape index (κ2) is 9.75. The predicted molar refractivity (Wildman–Crippen MR) is 132 cm³/mol. The van der Waals surface area contributed by atoms with Crippen LogP contribution in [-0.4, -0.2) is 56.5 Å². The zero-order chi connectivity index (χ0) is 24.4. The molecule has 1 fully saturated rings. The van der Waals surface area contributed by atoms with E-state index in [-0.39, 0.29) is 23.9 Å². The number of amides is 1. The first-order valence-electron chi connectivity index (χ1n) is 11.2. The molecule has 4 heterocycles. The average Bonchev–Trinajstić information content (AvgIpc) is 3.25. The normalized spacial score (nSPS) is 16.4. The number of sulfonamides is 1. The predicted octanol–water partition coefficient (Wildman–Crippen LogP) is 2.85. The van der Waals surface area contributed by atoms with E-state index < -0.39 is 10.0 Å². The van der Waals surface area contributed by atoms with Crippen LogP contribution in [0.1, 0.15) is 26.4 Å². The summed E-state index contributed by atoms with van der Waals surface area (Å²) >= 11 is 1.25. The van der Waals surface area contributed by atoms with Crippen molar-refractivity contribution >= 4 is 38.1 Å². The van der Waals surface area contributed by atoms with Crippen molar-refractivity contribution in [2.45, 2.75) is 17.9 Å². The third-order valence-electron chi connectivity index (χ3n) is 6.09. The number of hydrogen-bond donors (Lipinski definition) is 1. The molecule has 1 amide bonds. The molecule has 0 radical (unpaired) electrons. The fraction of sp³-hybridized carbons (Fsp3) is 0.292. The van der Waals surface area contributed by atoms with E-state index in [0.29, 0.717) is 35.8 Å². The highest BCUT2D eigenvalue weighted by Crippen LogP contribution is 2.38. The minimum Gasteiger partial charge on any atom is -0.378 e. The number of rotatable bonds is 5. The number of nitrogens with zero attached hydrogens (tertiary/aromatic N) is 4. The molecule has 180 valence electrons. The Morgan fingerprint density at radius 1 is 1.11 bits per heavy atom. The molecule has 11 heteroatoms. The maximum absolute atomic E-state index is 13.3. The average molecular weight is 510 g/mol. The van der Waals surface area contributed by atoms with Crippen molar-refractivity contribution in [3.8, 4) is 6.07 Å². The molecule has 0 aliphatic carbocycles. The van der Waals surface area contributed by atoms with Gasteiger partial charge >= 0.3 is 0 Å². The van der Waals surface area contributed by atoms with Gasteiger partial charge in [0, 0.05) is 42.8 Å². The topological polar surface area (TPSA) is 116 Å². The van der Waals surface area contributed by atoms with Crippen LogP contribution in [0.4, 0.5) is 10.8 Å². The first-order valence-corrected chi connectivity index (χ1v) is 13.4. The molecule has 1 saturated heterocycles. The number of thiophene rings is 1. The molecular formula is C24H23N5O4S2. The lowest BCUT2D eigenvalue weighted by molar-refractivity contribution is 0.102. The smallest absolute Gasteiger partial charge is 0.256 e. The van der Waals surface area contributed by atoms with Gasteiger partial charge in [0.2, 0.25) is 10.0 Å². The van der Waals surface area contributed by atoms with Crippen LogP contribution in [0.5, 0.6) is 0 Å². The molecule has 0 atom stereocenters. The summed E-state index contributed by atoms with van der Waals surface area (Å²) in [6.07, 6.45) is 1.80. The van der Waals surface area contributed by atoms with Gasteiger partial charge in [-0.2, -0.15) is 9.57 Å². The first kappa shape index (κ1) is 23.4. The Labute approximate surface area is 207 Å². The number of nitrogens with one attached hydrogen (secondary N) is 1. The highest BCUT2D eigenvalue weighted by atomic mass is 32.2. The summed E-state index contributed by atoms with van der Waals surface area (Å²) in [6, 6.07) is 14.3. The Kier molecular flexibility index (Phi) is 6.53.